The first-order chi connectivity index (χ1) is 9.90. The highest BCUT2D eigenvalue weighted by atomic mass is 32.1. The molecule has 0 saturated carbocycles. The van der Waals surface area contributed by atoms with Gasteiger partial charge in [0.05, 0.1) is 15.9 Å². The average molecular weight is 299 g/mol. The van der Waals surface area contributed by atoms with Crippen LogP contribution in [-0.4, -0.2) is 10.7 Å². The average Bonchev–Trinajstić information content (AvgIpc) is 3.11. The van der Waals surface area contributed by atoms with Gasteiger partial charge >= 0.3 is 0 Å². The smallest absolute Gasteiger partial charge is 0.204 e. The minimum Gasteiger partial charge on any atom is -0.252 e. The highest BCUT2D eigenvalue weighted by Crippen LogP contribution is 2.28. The van der Waals surface area contributed by atoms with Crippen LogP contribution < -0.4 is 5.43 Å². The van der Waals surface area contributed by atoms with Crippen molar-refractivity contribution in [3.8, 4) is 0 Å². The van der Waals surface area contributed by atoms with Gasteiger partial charge in [-0.1, -0.05) is 23.5 Å². The Morgan fingerprint density at radius 3 is 3.05 bits per heavy atom. The number of aromatic nitrogens is 1. The summed E-state index contributed by atoms with van der Waals surface area (Å²) in [5.41, 5.74) is 6.64. The third-order valence-corrected chi connectivity index (χ3v) is 5.38. The molecule has 2 heterocycles. The van der Waals surface area contributed by atoms with Crippen molar-refractivity contribution in [1.29, 1.82) is 0 Å². The molecule has 1 N–H and O–H groups in total. The van der Waals surface area contributed by atoms with Gasteiger partial charge in [-0.25, -0.2) is 4.98 Å². The Kier molecular flexibility index (Phi) is 3.01. The van der Waals surface area contributed by atoms with Crippen LogP contribution in [0.15, 0.2) is 40.8 Å². The SMILES string of the molecule is c1ccc2sc(NN=C3CCCc4sccc43)nc2c1. The third kappa shape index (κ3) is 2.13. The molecule has 100 valence electrons. The molecule has 3 aromatic rings. The van der Waals surface area contributed by atoms with E-state index in [0.29, 0.717) is 0 Å². The quantitative estimate of drug-likeness (QED) is 0.707. The Labute approximate surface area is 125 Å². The van der Waals surface area contributed by atoms with Crippen LogP contribution in [0, 0.1) is 0 Å². The Hall–Kier alpha value is -1.72. The number of rotatable bonds is 2. The zero-order valence-corrected chi connectivity index (χ0v) is 12.4. The van der Waals surface area contributed by atoms with Crippen molar-refractivity contribution in [2.45, 2.75) is 19.3 Å². The van der Waals surface area contributed by atoms with Gasteiger partial charge in [-0.15, -0.1) is 11.3 Å². The maximum absolute atomic E-state index is 4.58. The molecule has 1 aromatic carbocycles. The largest absolute Gasteiger partial charge is 0.252 e. The van der Waals surface area contributed by atoms with E-state index in [1.54, 1.807) is 11.3 Å². The van der Waals surface area contributed by atoms with Crippen LogP contribution in [0.4, 0.5) is 5.13 Å². The Morgan fingerprint density at radius 2 is 2.10 bits per heavy atom. The first kappa shape index (κ1) is 12.1. The van der Waals surface area contributed by atoms with Crippen molar-refractivity contribution in [3.05, 3.63) is 46.2 Å². The molecule has 20 heavy (non-hydrogen) atoms. The molecule has 5 heteroatoms. The maximum atomic E-state index is 4.58. The molecule has 4 rings (SSSR count). The first-order valence-electron chi connectivity index (χ1n) is 6.65. The highest BCUT2D eigenvalue weighted by molar-refractivity contribution is 7.22. The fourth-order valence-corrected chi connectivity index (χ4v) is 4.25. The van der Waals surface area contributed by atoms with Crippen molar-refractivity contribution < 1.29 is 0 Å². The summed E-state index contributed by atoms with van der Waals surface area (Å²) in [7, 11) is 0. The van der Waals surface area contributed by atoms with E-state index in [4.69, 9.17) is 0 Å². The number of nitrogens with one attached hydrogen (secondary N) is 1. The van der Waals surface area contributed by atoms with Gasteiger partial charge in [-0.05, 0) is 42.8 Å². The number of anilines is 1. The monoisotopic (exact) mass is 299 g/mol. The molecule has 1 aliphatic rings. The highest BCUT2D eigenvalue weighted by Gasteiger charge is 2.16. The predicted molar refractivity (Wildman–Crippen MR) is 87.0 cm³/mol. The van der Waals surface area contributed by atoms with Gasteiger partial charge in [0.2, 0.25) is 5.13 Å². The molecule has 0 bridgehead atoms. The number of thiazole rings is 1. The van der Waals surface area contributed by atoms with E-state index in [1.807, 2.05) is 29.5 Å². The van der Waals surface area contributed by atoms with E-state index in [2.05, 4.69) is 33.0 Å². The van der Waals surface area contributed by atoms with E-state index in [1.165, 1.54) is 28.0 Å². The van der Waals surface area contributed by atoms with E-state index < -0.39 is 0 Å². The molecule has 0 spiro atoms. The Morgan fingerprint density at radius 1 is 1.15 bits per heavy atom. The molecular formula is C15H13N3S2. The Bertz CT molecular complexity index is 752. The fourth-order valence-electron chi connectivity index (χ4n) is 2.49. The van der Waals surface area contributed by atoms with Crippen molar-refractivity contribution in [1.82, 2.24) is 4.98 Å². The zero-order chi connectivity index (χ0) is 13.4. The molecule has 0 atom stereocenters. The van der Waals surface area contributed by atoms with Gasteiger partial charge in [0.15, 0.2) is 0 Å². The molecule has 0 amide bonds. The minimum atomic E-state index is 0.862. The number of benzene rings is 1. The number of nitrogens with zero attached hydrogens (tertiary/aromatic N) is 2. The second kappa shape index (κ2) is 5.00. The summed E-state index contributed by atoms with van der Waals surface area (Å²) in [5.74, 6) is 0. The zero-order valence-electron chi connectivity index (χ0n) is 10.8. The molecule has 0 radical (unpaired) electrons. The number of aryl methyl sites for hydroxylation is 1. The van der Waals surface area contributed by atoms with Gasteiger partial charge in [0.1, 0.15) is 0 Å². The van der Waals surface area contributed by atoms with Gasteiger partial charge in [0, 0.05) is 10.4 Å². The molecule has 0 saturated heterocycles. The van der Waals surface area contributed by atoms with Crippen molar-refractivity contribution in [2.24, 2.45) is 5.10 Å². The standard InChI is InChI=1S/C15H13N3S2/c1-2-6-14-12(4-1)16-15(20-14)18-17-11-5-3-7-13-10(11)8-9-19-13/h1-2,4,6,8-9H,3,5,7H2,(H,16,18). The molecule has 0 unspecified atom stereocenters. The van der Waals surface area contributed by atoms with Crippen LogP contribution in [0.5, 0.6) is 0 Å². The number of hydrogen-bond acceptors (Lipinski definition) is 5. The van der Waals surface area contributed by atoms with Crippen LogP contribution in [-0.2, 0) is 6.42 Å². The summed E-state index contributed by atoms with van der Waals surface area (Å²) in [6.07, 6.45) is 3.42. The van der Waals surface area contributed by atoms with Crippen molar-refractivity contribution in [3.63, 3.8) is 0 Å². The number of hydrogen-bond donors (Lipinski definition) is 1. The summed E-state index contributed by atoms with van der Waals surface area (Å²) >= 11 is 3.48. The lowest BCUT2D eigenvalue weighted by atomic mass is 9.97. The summed E-state index contributed by atoms with van der Waals surface area (Å²) in [4.78, 5) is 6.00. The minimum absolute atomic E-state index is 0.862. The lowest BCUT2D eigenvalue weighted by molar-refractivity contribution is 0.852. The second-order valence-corrected chi connectivity index (χ2v) is 6.80. The molecule has 1 aliphatic carbocycles. The number of hydrazone groups is 1. The summed E-state index contributed by atoms with van der Waals surface area (Å²) in [5, 5.41) is 7.60. The summed E-state index contributed by atoms with van der Waals surface area (Å²) < 4.78 is 1.19. The van der Waals surface area contributed by atoms with Gasteiger partial charge in [-0.3, -0.25) is 5.43 Å². The maximum Gasteiger partial charge on any atom is 0.204 e. The topological polar surface area (TPSA) is 37.3 Å². The van der Waals surface area contributed by atoms with Crippen LogP contribution >= 0.6 is 22.7 Å². The first-order valence-corrected chi connectivity index (χ1v) is 8.35. The van der Waals surface area contributed by atoms with Gasteiger partial charge < -0.3 is 0 Å². The summed E-state index contributed by atoms with van der Waals surface area (Å²) in [6.45, 7) is 0. The summed E-state index contributed by atoms with van der Waals surface area (Å²) in [6, 6.07) is 10.3. The molecule has 0 aliphatic heterocycles. The van der Waals surface area contributed by atoms with E-state index in [0.717, 1.165) is 22.8 Å². The van der Waals surface area contributed by atoms with Crippen molar-refractivity contribution >= 4 is 43.7 Å². The van der Waals surface area contributed by atoms with Crippen LogP contribution in [0.3, 0.4) is 0 Å². The van der Waals surface area contributed by atoms with Crippen molar-refractivity contribution in [2.75, 3.05) is 5.43 Å². The van der Waals surface area contributed by atoms with E-state index in [9.17, 15) is 0 Å². The lowest BCUT2D eigenvalue weighted by Gasteiger charge is -2.13. The van der Waals surface area contributed by atoms with Gasteiger partial charge in [-0.2, -0.15) is 5.10 Å². The lowest BCUT2D eigenvalue weighted by Crippen LogP contribution is -2.11. The van der Waals surface area contributed by atoms with Crippen LogP contribution in [0.25, 0.3) is 10.2 Å². The predicted octanol–water partition coefficient (Wildman–Crippen LogP) is 4.51. The normalized spacial score (nSPS) is 16.5. The van der Waals surface area contributed by atoms with Crippen LogP contribution in [0.2, 0.25) is 0 Å². The number of thiophene rings is 1. The van der Waals surface area contributed by atoms with E-state index >= 15 is 0 Å². The molecule has 0 fully saturated rings. The second-order valence-electron chi connectivity index (χ2n) is 4.77. The van der Waals surface area contributed by atoms with Crippen LogP contribution in [0.1, 0.15) is 23.3 Å². The molecule has 2 aromatic heterocycles. The molecular weight excluding hydrogens is 286 g/mol. The Balaban J connectivity index is 1.63. The molecule has 3 nitrogen and oxygen atoms in total. The number of fused-ring (bicyclic) bond motifs is 2. The van der Waals surface area contributed by atoms with Gasteiger partial charge in [0.25, 0.3) is 0 Å². The fraction of sp³-hybridized carbons (Fsp3) is 0.200. The number of para-hydroxylation sites is 1. The third-order valence-electron chi connectivity index (χ3n) is 3.45. The van der Waals surface area contributed by atoms with E-state index in [-0.39, 0.29) is 0 Å².